The predicted octanol–water partition coefficient (Wildman–Crippen LogP) is 6.77. The molecule has 2 aromatic rings. The third-order valence-corrected chi connectivity index (χ3v) is 6.09. The first-order valence-corrected chi connectivity index (χ1v) is 8.77. The van der Waals surface area contributed by atoms with Crippen molar-refractivity contribution in [1.82, 2.24) is 0 Å². The molecule has 0 saturated carbocycles. The monoisotopic (exact) mass is 340 g/mol. The molecule has 2 aliphatic rings. The lowest BCUT2D eigenvalue weighted by atomic mass is 9.75. The van der Waals surface area contributed by atoms with E-state index in [1.165, 1.54) is 33.4 Å². The van der Waals surface area contributed by atoms with Crippen molar-refractivity contribution < 1.29 is 0 Å². The SMILES string of the molecule is CC(C)(C1=Cc2ccccc2C1Cl)C1=Cc2ccccc2C1Cl. The Morgan fingerprint density at radius 1 is 0.696 bits per heavy atom. The molecule has 2 atom stereocenters. The Morgan fingerprint density at radius 3 is 1.48 bits per heavy atom. The highest BCUT2D eigenvalue weighted by Gasteiger charge is 2.41. The van der Waals surface area contributed by atoms with E-state index in [0.29, 0.717) is 0 Å². The molecule has 2 unspecified atom stereocenters. The van der Waals surface area contributed by atoms with Gasteiger partial charge in [0.1, 0.15) is 0 Å². The maximum atomic E-state index is 6.79. The number of hydrogen-bond donors (Lipinski definition) is 0. The molecule has 0 aromatic heterocycles. The van der Waals surface area contributed by atoms with Crippen LogP contribution in [0.5, 0.6) is 0 Å². The van der Waals surface area contributed by atoms with E-state index in [1.54, 1.807) is 0 Å². The minimum absolute atomic E-state index is 0.0883. The first-order chi connectivity index (χ1) is 11.0. The van der Waals surface area contributed by atoms with Crippen LogP contribution in [0.2, 0.25) is 0 Å². The molecule has 0 nitrogen and oxygen atoms in total. The maximum Gasteiger partial charge on any atom is 0.0812 e. The molecule has 0 fully saturated rings. The van der Waals surface area contributed by atoms with Crippen LogP contribution in [0, 0.1) is 5.41 Å². The topological polar surface area (TPSA) is 0 Å². The Hall–Kier alpha value is -1.50. The summed E-state index contributed by atoms with van der Waals surface area (Å²) < 4.78 is 0. The number of halogens is 2. The molecule has 23 heavy (non-hydrogen) atoms. The van der Waals surface area contributed by atoms with E-state index in [4.69, 9.17) is 23.2 Å². The minimum atomic E-state index is -0.184. The van der Waals surface area contributed by atoms with Crippen LogP contribution in [-0.2, 0) is 0 Å². The molecule has 0 saturated heterocycles. The first kappa shape index (κ1) is 15.1. The van der Waals surface area contributed by atoms with Gasteiger partial charge in [0.05, 0.1) is 10.8 Å². The highest BCUT2D eigenvalue weighted by atomic mass is 35.5. The van der Waals surface area contributed by atoms with E-state index in [2.05, 4.69) is 62.4 Å². The zero-order valence-electron chi connectivity index (χ0n) is 13.2. The van der Waals surface area contributed by atoms with Crippen molar-refractivity contribution in [3.63, 3.8) is 0 Å². The molecule has 0 amide bonds. The molecule has 0 spiro atoms. The van der Waals surface area contributed by atoms with Gasteiger partial charge in [-0.1, -0.05) is 74.5 Å². The van der Waals surface area contributed by atoms with E-state index in [1.807, 2.05) is 12.1 Å². The van der Waals surface area contributed by atoms with Crippen molar-refractivity contribution in [3.8, 4) is 0 Å². The van der Waals surface area contributed by atoms with Crippen molar-refractivity contribution in [3.05, 3.63) is 81.9 Å². The molecule has 0 radical (unpaired) electrons. The number of alkyl halides is 2. The van der Waals surface area contributed by atoms with Crippen LogP contribution in [-0.4, -0.2) is 0 Å². The summed E-state index contributed by atoms with van der Waals surface area (Å²) in [5.74, 6) is 0. The second kappa shape index (κ2) is 5.26. The quantitative estimate of drug-likeness (QED) is 0.529. The van der Waals surface area contributed by atoms with Crippen LogP contribution >= 0.6 is 23.2 Å². The summed E-state index contributed by atoms with van der Waals surface area (Å²) in [6, 6.07) is 16.7. The molecule has 4 rings (SSSR count). The van der Waals surface area contributed by atoms with Crippen molar-refractivity contribution in [2.45, 2.75) is 24.6 Å². The van der Waals surface area contributed by atoms with E-state index >= 15 is 0 Å². The summed E-state index contributed by atoms with van der Waals surface area (Å²) in [7, 11) is 0. The molecule has 2 heteroatoms. The predicted molar refractivity (Wildman–Crippen MR) is 99.8 cm³/mol. The van der Waals surface area contributed by atoms with Gasteiger partial charge in [-0.25, -0.2) is 0 Å². The van der Waals surface area contributed by atoms with Crippen LogP contribution in [0.25, 0.3) is 12.2 Å². The maximum absolute atomic E-state index is 6.79. The van der Waals surface area contributed by atoms with Crippen molar-refractivity contribution in [1.29, 1.82) is 0 Å². The molecular formula is C21H18Cl2. The second-order valence-electron chi connectivity index (χ2n) is 6.81. The van der Waals surface area contributed by atoms with E-state index in [0.717, 1.165) is 0 Å². The summed E-state index contributed by atoms with van der Waals surface area (Å²) in [6.07, 6.45) is 4.47. The number of rotatable bonds is 2. The fourth-order valence-corrected chi connectivity index (χ4v) is 4.79. The fraction of sp³-hybridized carbons (Fsp3) is 0.238. The van der Waals surface area contributed by atoms with Crippen LogP contribution in [0.4, 0.5) is 0 Å². The Balaban J connectivity index is 1.76. The third-order valence-electron chi connectivity index (χ3n) is 5.15. The van der Waals surface area contributed by atoms with Gasteiger partial charge in [-0.3, -0.25) is 0 Å². The van der Waals surface area contributed by atoms with Crippen LogP contribution < -0.4 is 0 Å². The lowest BCUT2D eigenvalue weighted by molar-refractivity contribution is 0.519. The normalized spacial score (nSPS) is 22.4. The summed E-state index contributed by atoms with van der Waals surface area (Å²) in [5.41, 5.74) is 7.10. The molecule has 0 bridgehead atoms. The smallest absolute Gasteiger partial charge is 0.0812 e. The highest BCUT2D eigenvalue weighted by molar-refractivity contribution is 6.25. The number of hydrogen-bond acceptors (Lipinski definition) is 0. The van der Waals surface area contributed by atoms with Crippen molar-refractivity contribution in [2.24, 2.45) is 5.41 Å². The Labute approximate surface area is 147 Å². The fourth-order valence-electron chi connectivity index (χ4n) is 3.72. The molecule has 0 heterocycles. The van der Waals surface area contributed by atoms with Gasteiger partial charge in [-0.05, 0) is 33.4 Å². The summed E-state index contributed by atoms with van der Waals surface area (Å²) in [4.78, 5) is 0. The molecule has 0 aliphatic heterocycles. The second-order valence-corrected chi connectivity index (χ2v) is 7.68. The Bertz CT molecular complexity index is 773. The van der Waals surface area contributed by atoms with Gasteiger partial charge >= 0.3 is 0 Å². The van der Waals surface area contributed by atoms with Crippen molar-refractivity contribution in [2.75, 3.05) is 0 Å². The summed E-state index contributed by atoms with van der Waals surface area (Å²) in [6.45, 7) is 4.46. The third kappa shape index (κ3) is 2.20. The van der Waals surface area contributed by atoms with Gasteiger partial charge in [0, 0.05) is 5.41 Å². The number of fused-ring (bicyclic) bond motifs is 2. The minimum Gasteiger partial charge on any atom is -0.113 e. The Kier molecular flexibility index (Phi) is 3.44. The largest absolute Gasteiger partial charge is 0.113 e. The van der Waals surface area contributed by atoms with Crippen LogP contribution in [0.15, 0.2) is 59.7 Å². The van der Waals surface area contributed by atoms with Gasteiger partial charge < -0.3 is 0 Å². The molecule has 116 valence electrons. The van der Waals surface area contributed by atoms with Crippen LogP contribution in [0.1, 0.15) is 46.9 Å². The molecule has 2 aromatic carbocycles. The lowest BCUT2D eigenvalue weighted by Gasteiger charge is -2.32. The zero-order valence-corrected chi connectivity index (χ0v) is 14.7. The van der Waals surface area contributed by atoms with Gasteiger partial charge in [-0.2, -0.15) is 0 Å². The lowest BCUT2D eigenvalue weighted by Crippen LogP contribution is -2.20. The molecule has 0 N–H and O–H groups in total. The van der Waals surface area contributed by atoms with E-state index < -0.39 is 0 Å². The summed E-state index contributed by atoms with van der Waals surface area (Å²) >= 11 is 13.6. The van der Waals surface area contributed by atoms with Gasteiger partial charge in [0.25, 0.3) is 0 Å². The standard InChI is InChI=1S/C21H18Cl2/c1-21(2,17-11-13-7-3-5-9-15(13)19(17)22)18-12-14-8-4-6-10-16(14)20(18)23/h3-12,19-20H,1-2H3. The Morgan fingerprint density at radius 2 is 1.09 bits per heavy atom. The van der Waals surface area contributed by atoms with Crippen LogP contribution in [0.3, 0.4) is 0 Å². The highest BCUT2D eigenvalue weighted by Crippen LogP contribution is 2.56. The molecule has 2 aliphatic carbocycles. The van der Waals surface area contributed by atoms with Gasteiger partial charge in [0.2, 0.25) is 0 Å². The van der Waals surface area contributed by atoms with Crippen molar-refractivity contribution >= 4 is 35.4 Å². The van der Waals surface area contributed by atoms with Gasteiger partial charge in [-0.15, -0.1) is 23.2 Å². The zero-order chi connectivity index (χ0) is 16.2. The number of allylic oxidation sites excluding steroid dienone is 2. The molecular weight excluding hydrogens is 323 g/mol. The average Bonchev–Trinajstić information content (AvgIpc) is 3.07. The summed E-state index contributed by atoms with van der Waals surface area (Å²) in [5, 5.41) is -0.177. The first-order valence-electron chi connectivity index (χ1n) is 7.90. The van der Waals surface area contributed by atoms with E-state index in [9.17, 15) is 0 Å². The van der Waals surface area contributed by atoms with Gasteiger partial charge in [0.15, 0.2) is 0 Å². The number of benzene rings is 2. The average molecular weight is 341 g/mol. The van der Waals surface area contributed by atoms with E-state index in [-0.39, 0.29) is 16.2 Å².